The van der Waals surface area contributed by atoms with Crippen LogP contribution in [0.3, 0.4) is 0 Å². The lowest BCUT2D eigenvalue weighted by molar-refractivity contribution is -0.137. The summed E-state index contributed by atoms with van der Waals surface area (Å²) in [5.74, 6) is 0.584. The van der Waals surface area contributed by atoms with Crippen molar-refractivity contribution in [3.8, 4) is 0 Å². The molecule has 2 rings (SSSR count). The van der Waals surface area contributed by atoms with Crippen molar-refractivity contribution >= 4 is 22.9 Å². The Morgan fingerprint density at radius 3 is 2.75 bits per heavy atom. The molecule has 0 radical (unpaired) electrons. The lowest BCUT2D eigenvalue weighted by Crippen LogP contribution is -2.05. The molecule has 0 amide bonds. The molecule has 0 bridgehead atoms. The van der Waals surface area contributed by atoms with Gasteiger partial charge < -0.3 is 0 Å². The third kappa shape index (κ3) is 4.21. The third-order valence-corrected chi connectivity index (χ3v) is 3.94. The first-order valence-electron chi connectivity index (χ1n) is 6.14. The molecule has 2 aromatic rings. The van der Waals surface area contributed by atoms with E-state index in [-0.39, 0.29) is 0 Å². The number of alkyl halides is 4. The molecule has 108 valence electrons. The molecule has 0 N–H and O–H groups in total. The van der Waals surface area contributed by atoms with E-state index in [0.29, 0.717) is 17.9 Å². The summed E-state index contributed by atoms with van der Waals surface area (Å²) >= 11 is 7.09. The summed E-state index contributed by atoms with van der Waals surface area (Å²) in [6.45, 7) is 0. The summed E-state index contributed by atoms with van der Waals surface area (Å²) in [7, 11) is 0. The average Bonchev–Trinajstić information content (AvgIpc) is 2.83. The molecule has 0 atom stereocenters. The summed E-state index contributed by atoms with van der Waals surface area (Å²) < 4.78 is 37.9. The second-order valence-corrected chi connectivity index (χ2v) is 5.72. The smallest absolute Gasteiger partial charge is 0.246 e. The Kier molecular flexibility index (Phi) is 5.05. The second kappa shape index (κ2) is 6.59. The number of rotatable bonds is 5. The van der Waals surface area contributed by atoms with E-state index < -0.39 is 11.7 Å². The maximum Gasteiger partial charge on any atom is 0.416 e. The molecule has 0 aliphatic carbocycles. The van der Waals surface area contributed by atoms with E-state index >= 15 is 0 Å². The molecule has 1 aromatic carbocycles. The molecule has 20 heavy (non-hydrogen) atoms. The molecule has 0 unspecified atom stereocenters. The molecule has 1 heterocycles. The van der Waals surface area contributed by atoms with E-state index in [9.17, 15) is 13.2 Å². The first kappa shape index (κ1) is 15.3. The topological polar surface area (TPSA) is 12.9 Å². The molecule has 0 aliphatic heterocycles. The fourth-order valence-electron chi connectivity index (χ4n) is 1.83. The normalized spacial score (nSPS) is 11.8. The summed E-state index contributed by atoms with van der Waals surface area (Å²) in [5.41, 5.74) is 0.963. The van der Waals surface area contributed by atoms with Crippen LogP contribution in [0.1, 0.15) is 28.2 Å². The third-order valence-electron chi connectivity index (χ3n) is 2.78. The zero-order chi connectivity index (χ0) is 14.6. The first-order chi connectivity index (χ1) is 9.49. The number of hydrogen-bond donors (Lipinski definition) is 0. The SMILES string of the molecule is FC(F)(F)c1cccc(Cc2nc(CCCCl)cs2)c1. The monoisotopic (exact) mass is 319 g/mol. The number of benzene rings is 1. The lowest BCUT2D eigenvalue weighted by atomic mass is 10.1. The van der Waals surface area contributed by atoms with Crippen LogP contribution in [0, 0.1) is 0 Å². The minimum atomic E-state index is -4.30. The highest BCUT2D eigenvalue weighted by atomic mass is 35.5. The van der Waals surface area contributed by atoms with Crippen molar-refractivity contribution in [3.05, 3.63) is 51.5 Å². The van der Waals surface area contributed by atoms with Gasteiger partial charge in [0.15, 0.2) is 0 Å². The number of aromatic nitrogens is 1. The number of nitrogens with zero attached hydrogens (tertiary/aromatic N) is 1. The van der Waals surface area contributed by atoms with Crippen LogP contribution < -0.4 is 0 Å². The molecule has 0 aliphatic rings. The molecule has 0 saturated carbocycles. The van der Waals surface area contributed by atoms with Crippen LogP contribution in [0.15, 0.2) is 29.6 Å². The average molecular weight is 320 g/mol. The van der Waals surface area contributed by atoms with Crippen LogP contribution in [0.4, 0.5) is 13.2 Å². The van der Waals surface area contributed by atoms with Crippen LogP contribution in [-0.4, -0.2) is 10.9 Å². The maximum absolute atomic E-state index is 12.6. The van der Waals surface area contributed by atoms with Crippen molar-refractivity contribution in [2.24, 2.45) is 0 Å². The van der Waals surface area contributed by atoms with Crippen molar-refractivity contribution in [2.75, 3.05) is 5.88 Å². The van der Waals surface area contributed by atoms with Gasteiger partial charge in [-0.25, -0.2) is 4.98 Å². The molecular weight excluding hydrogens is 307 g/mol. The predicted molar refractivity (Wildman–Crippen MR) is 75.4 cm³/mol. The quantitative estimate of drug-likeness (QED) is 0.712. The van der Waals surface area contributed by atoms with Gasteiger partial charge in [0, 0.05) is 17.7 Å². The Balaban J connectivity index is 2.08. The maximum atomic E-state index is 12.6. The van der Waals surface area contributed by atoms with Gasteiger partial charge >= 0.3 is 6.18 Å². The van der Waals surface area contributed by atoms with Gasteiger partial charge in [0.05, 0.1) is 16.3 Å². The van der Waals surface area contributed by atoms with E-state index in [0.717, 1.165) is 29.6 Å². The van der Waals surface area contributed by atoms with E-state index in [4.69, 9.17) is 11.6 Å². The molecule has 0 spiro atoms. The highest BCUT2D eigenvalue weighted by Gasteiger charge is 2.30. The molecule has 6 heteroatoms. The number of halogens is 4. The second-order valence-electron chi connectivity index (χ2n) is 4.40. The van der Waals surface area contributed by atoms with Gasteiger partial charge in [-0.3, -0.25) is 0 Å². The van der Waals surface area contributed by atoms with Crippen molar-refractivity contribution in [1.82, 2.24) is 4.98 Å². The lowest BCUT2D eigenvalue weighted by Gasteiger charge is -2.07. The van der Waals surface area contributed by atoms with Gasteiger partial charge in [-0.2, -0.15) is 13.2 Å². The Bertz CT molecular complexity index is 566. The van der Waals surface area contributed by atoms with Gasteiger partial charge in [-0.05, 0) is 24.5 Å². The molecule has 1 aromatic heterocycles. The summed E-state index contributed by atoms with van der Waals surface area (Å²) in [6.07, 6.45) is -2.21. The minimum Gasteiger partial charge on any atom is -0.246 e. The number of aryl methyl sites for hydroxylation is 1. The van der Waals surface area contributed by atoms with Crippen molar-refractivity contribution in [2.45, 2.75) is 25.4 Å². The van der Waals surface area contributed by atoms with E-state index in [1.807, 2.05) is 5.38 Å². The zero-order valence-corrected chi connectivity index (χ0v) is 12.2. The minimum absolute atomic E-state index is 0.426. The van der Waals surface area contributed by atoms with Crippen LogP contribution in [0.2, 0.25) is 0 Å². The highest BCUT2D eigenvalue weighted by molar-refractivity contribution is 7.09. The number of thiazole rings is 1. The van der Waals surface area contributed by atoms with Gasteiger partial charge in [-0.1, -0.05) is 18.2 Å². The van der Waals surface area contributed by atoms with Crippen LogP contribution in [0.25, 0.3) is 0 Å². The van der Waals surface area contributed by atoms with E-state index in [1.165, 1.54) is 23.5 Å². The molecular formula is C14H13ClF3NS. The Hall–Kier alpha value is -1.07. The Morgan fingerprint density at radius 1 is 1.25 bits per heavy atom. The fourth-order valence-corrected chi connectivity index (χ4v) is 2.82. The van der Waals surface area contributed by atoms with E-state index in [2.05, 4.69) is 4.98 Å². The van der Waals surface area contributed by atoms with Crippen LogP contribution >= 0.6 is 22.9 Å². The number of hydrogen-bond acceptors (Lipinski definition) is 2. The van der Waals surface area contributed by atoms with Crippen molar-refractivity contribution in [3.63, 3.8) is 0 Å². The zero-order valence-electron chi connectivity index (χ0n) is 10.6. The molecule has 1 nitrogen and oxygen atoms in total. The van der Waals surface area contributed by atoms with Crippen molar-refractivity contribution in [1.29, 1.82) is 0 Å². The van der Waals surface area contributed by atoms with Gasteiger partial charge in [0.2, 0.25) is 0 Å². The van der Waals surface area contributed by atoms with Gasteiger partial charge in [0.25, 0.3) is 0 Å². The first-order valence-corrected chi connectivity index (χ1v) is 7.56. The fraction of sp³-hybridized carbons (Fsp3) is 0.357. The van der Waals surface area contributed by atoms with Crippen LogP contribution in [0.5, 0.6) is 0 Å². The Labute approximate surface area is 124 Å². The predicted octanol–water partition coefficient (Wildman–Crippen LogP) is 4.92. The summed E-state index contributed by atoms with van der Waals surface area (Å²) in [5, 5.41) is 2.77. The van der Waals surface area contributed by atoms with E-state index in [1.54, 1.807) is 6.07 Å². The molecule has 0 fully saturated rings. The van der Waals surface area contributed by atoms with Gasteiger partial charge in [-0.15, -0.1) is 22.9 Å². The largest absolute Gasteiger partial charge is 0.416 e. The summed E-state index contributed by atoms with van der Waals surface area (Å²) in [6, 6.07) is 5.38. The molecule has 0 saturated heterocycles. The Morgan fingerprint density at radius 2 is 2.05 bits per heavy atom. The van der Waals surface area contributed by atoms with Crippen molar-refractivity contribution < 1.29 is 13.2 Å². The summed E-state index contributed by atoms with van der Waals surface area (Å²) in [4.78, 5) is 4.41. The standard InChI is InChI=1S/C14H13ClF3NS/c15-6-2-5-12-9-20-13(19-12)8-10-3-1-4-11(7-10)14(16,17)18/h1,3-4,7,9H,2,5-6,8H2. The highest BCUT2D eigenvalue weighted by Crippen LogP contribution is 2.30. The van der Waals surface area contributed by atoms with Crippen LogP contribution in [-0.2, 0) is 19.0 Å². The van der Waals surface area contributed by atoms with Gasteiger partial charge in [0.1, 0.15) is 0 Å².